The van der Waals surface area contributed by atoms with Gasteiger partial charge in [0.2, 0.25) is 5.78 Å². The lowest BCUT2D eigenvalue weighted by Crippen LogP contribution is -2.69. The number of carboxylic acid groups (broad SMARTS) is 2. The molecule has 1 heterocycles. The van der Waals surface area contributed by atoms with Crippen molar-refractivity contribution in [2.75, 3.05) is 6.54 Å². The molecule has 14 heteroatoms. The van der Waals surface area contributed by atoms with Crippen LogP contribution in [0.5, 0.6) is 0 Å². The SMILES string of the molecule is CC(C)C[C@@](N)(C(=O)O)C(=O)C(O)(OC(=O)C(Cc1ccccc1[C@@](N)(CC(C)C)C(=O)O)NC(=O)OCc1ccccc1)C1CCCN1. The summed E-state index contributed by atoms with van der Waals surface area (Å²) in [4.78, 5) is 66.0. The number of carboxylic acids is 2. The molecule has 3 unspecified atom stereocenters. The van der Waals surface area contributed by atoms with Gasteiger partial charge in [-0.1, -0.05) is 82.3 Å². The molecule has 0 aromatic heterocycles. The van der Waals surface area contributed by atoms with Crippen LogP contribution in [0.1, 0.15) is 70.1 Å². The lowest BCUT2D eigenvalue weighted by atomic mass is 9.79. The van der Waals surface area contributed by atoms with Crippen molar-refractivity contribution < 1.29 is 48.8 Å². The molecular weight excluding hydrogens is 636 g/mol. The minimum Gasteiger partial charge on any atom is -0.480 e. The molecule has 2 aromatic rings. The van der Waals surface area contributed by atoms with Gasteiger partial charge in [-0.2, -0.15) is 0 Å². The van der Waals surface area contributed by atoms with Crippen molar-refractivity contribution in [2.45, 2.75) is 95.4 Å². The molecule has 49 heavy (non-hydrogen) atoms. The van der Waals surface area contributed by atoms with Crippen molar-refractivity contribution in [3.63, 3.8) is 0 Å². The van der Waals surface area contributed by atoms with Gasteiger partial charge in [0.05, 0.1) is 6.04 Å². The first kappa shape index (κ1) is 39.1. The van der Waals surface area contributed by atoms with Gasteiger partial charge in [0, 0.05) is 6.42 Å². The van der Waals surface area contributed by atoms with E-state index in [1.165, 1.54) is 12.1 Å². The topological polar surface area (TPSA) is 241 Å². The van der Waals surface area contributed by atoms with Crippen LogP contribution in [0.2, 0.25) is 0 Å². The van der Waals surface area contributed by atoms with Gasteiger partial charge in [0.25, 0.3) is 5.79 Å². The molecule has 9 N–H and O–H groups in total. The van der Waals surface area contributed by atoms with Gasteiger partial charge < -0.3 is 46.9 Å². The summed E-state index contributed by atoms with van der Waals surface area (Å²) in [5.74, 6) is -9.39. The van der Waals surface area contributed by atoms with E-state index in [-0.39, 0.29) is 42.9 Å². The van der Waals surface area contributed by atoms with Crippen molar-refractivity contribution in [2.24, 2.45) is 23.3 Å². The Morgan fingerprint density at radius 2 is 1.53 bits per heavy atom. The van der Waals surface area contributed by atoms with Crippen LogP contribution in [-0.2, 0) is 47.2 Å². The van der Waals surface area contributed by atoms with E-state index in [2.05, 4.69) is 10.6 Å². The molecule has 0 saturated carbocycles. The normalized spacial score (nSPS) is 18.8. The molecule has 0 spiro atoms. The van der Waals surface area contributed by atoms with Crippen LogP contribution in [0.25, 0.3) is 0 Å². The number of carbonyl (C=O) groups excluding carboxylic acids is 3. The van der Waals surface area contributed by atoms with Crippen molar-refractivity contribution >= 4 is 29.8 Å². The quantitative estimate of drug-likeness (QED) is 0.0719. The first-order valence-electron chi connectivity index (χ1n) is 16.3. The molecule has 1 saturated heterocycles. The van der Waals surface area contributed by atoms with Crippen molar-refractivity contribution in [1.82, 2.24) is 10.6 Å². The summed E-state index contributed by atoms with van der Waals surface area (Å²) in [6.07, 6.45) is -1.20. The fourth-order valence-corrected chi connectivity index (χ4v) is 6.17. The Balaban J connectivity index is 2.06. The highest BCUT2D eigenvalue weighted by Gasteiger charge is 2.59. The van der Waals surface area contributed by atoms with E-state index >= 15 is 0 Å². The monoisotopic (exact) mass is 684 g/mol. The predicted molar refractivity (Wildman–Crippen MR) is 178 cm³/mol. The molecule has 268 valence electrons. The highest BCUT2D eigenvalue weighted by molar-refractivity contribution is 6.11. The van der Waals surface area contributed by atoms with E-state index in [0.29, 0.717) is 18.5 Å². The van der Waals surface area contributed by atoms with Gasteiger partial charge in [-0.15, -0.1) is 0 Å². The lowest BCUT2D eigenvalue weighted by molar-refractivity contribution is -0.223. The molecule has 2 aromatic carbocycles. The Kier molecular flexibility index (Phi) is 13.0. The third kappa shape index (κ3) is 9.41. The highest BCUT2D eigenvalue weighted by atomic mass is 16.7. The molecule has 1 aliphatic heterocycles. The van der Waals surface area contributed by atoms with Crippen molar-refractivity contribution in [1.29, 1.82) is 0 Å². The Morgan fingerprint density at radius 3 is 2.08 bits per heavy atom. The minimum absolute atomic E-state index is 0.0340. The number of nitrogens with one attached hydrogen (secondary N) is 2. The number of aliphatic carboxylic acids is 2. The van der Waals surface area contributed by atoms with Crippen LogP contribution in [0.3, 0.4) is 0 Å². The van der Waals surface area contributed by atoms with Crippen molar-refractivity contribution in [3.05, 3.63) is 71.3 Å². The Labute approximate surface area is 285 Å². The number of benzene rings is 2. The second-order valence-corrected chi connectivity index (χ2v) is 13.5. The second kappa shape index (κ2) is 16.4. The van der Waals surface area contributed by atoms with Crippen LogP contribution >= 0.6 is 0 Å². The number of aliphatic hydroxyl groups is 1. The number of hydrogen-bond acceptors (Lipinski definition) is 11. The van der Waals surface area contributed by atoms with Gasteiger partial charge in [-0.25, -0.2) is 19.2 Å². The Morgan fingerprint density at radius 1 is 0.918 bits per heavy atom. The smallest absolute Gasteiger partial charge is 0.408 e. The number of alkyl carbamates (subject to hydrolysis) is 1. The number of esters is 1. The fourth-order valence-electron chi connectivity index (χ4n) is 6.17. The van der Waals surface area contributed by atoms with Gasteiger partial charge in [0.15, 0.2) is 5.54 Å². The maximum atomic E-state index is 14.1. The number of nitrogens with two attached hydrogens (primary N) is 2. The third-order valence-corrected chi connectivity index (χ3v) is 8.45. The summed E-state index contributed by atoms with van der Waals surface area (Å²) in [7, 11) is 0. The lowest BCUT2D eigenvalue weighted by Gasteiger charge is -2.38. The number of amides is 1. The maximum absolute atomic E-state index is 14.1. The molecule has 3 rings (SSSR count). The molecule has 0 radical (unpaired) electrons. The first-order valence-corrected chi connectivity index (χ1v) is 16.3. The minimum atomic E-state index is -3.06. The average Bonchev–Trinajstić information content (AvgIpc) is 3.59. The third-order valence-electron chi connectivity index (χ3n) is 8.45. The number of Topliss-reactive ketones (excluding diaryl/α,β-unsaturated/α-hetero) is 1. The number of carbonyl (C=O) groups is 5. The van der Waals surface area contributed by atoms with Crippen LogP contribution in [0.4, 0.5) is 4.79 Å². The van der Waals surface area contributed by atoms with Crippen LogP contribution in [0, 0.1) is 11.8 Å². The molecule has 1 amide bonds. The zero-order valence-electron chi connectivity index (χ0n) is 28.3. The molecule has 1 fully saturated rings. The summed E-state index contributed by atoms with van der Waals surface area (Å²) < 4.78 is 10.9. The summed E-state index contributed by atoms with van der Waals surface area (Å²) >= 11 is 0. The Hall–Kier alpha value is -4.37. The van der Waals surface area contributed by atoms with Gasteiger partial charge in [0.1, 0.15) is 18.2 Å². The van der Waals surface area contributed by atoms with Crippen LogP contribution in [-0.4, -0.2) is 75.1 Å². The average molecular weight is 685 g/mol. The number of ketones is 1. The van der Waals surface area contributed by atoms with E-state index in [0.717, 1.165) is 0 Å². The van der Waals surface area contributed by atoms with E-state index in [4.69, 9.17) is 20.9 Å². The highest BCUT2D eigenvalue weighted by Crippen LogP contribution is 2.32. The van der Waals surface area contributed by atoms with Crippen LogP contribution in [0.15, 0.2) is 54.6 Å². The molecule has 5 atom stereocenters. The van der Waals surface area contributed by atoms with Gasteiger partial charge in [-0.05, 0) is 60.8 Å². The molecule has 0 bridgehead atoms. The Bertz CT molecular complexity index is 1500. The van der Waals surface area contributed by atoms with E-state index in [1.54, 1.807) is 70.2 Å². The zero-order valence-corrected chi connectivity index (χ0v) is 28.3. The molecular formula is C35H48N4O10. The largest absolute Gasteiger partial charge is 0.480 e. The van der Waals surface area contributed by atoms with E-state index in [1.807, 2.05) is 0 Å². The van der Waals surface area contributed by atoms with Gasteiger partial charge >= 0.3 is 24.0 Å². The molecule has 14 nitrogen and oxygen atoms in total. The van der Waals surface area contributed by atoms with E-state index < -0.39 is 71.1 Å². The number of ether oxygens (including phenoxy) is 2. The summed E-state index contributed by atoms with van der Waals surface area (Å²) in [6.45, 7) is 7.06. The molecule has 0 aliphatic carbocycles. The summed E-state index contributed by atoms with van der Waals surface area (Å²) in [5.41, 5.74) is 9.18. The predicted octanol–water partition coefficient (Wildman–Crippen LogP) is 2.19. The van der Waals surface area contributed by atoms with Crippen molar-refractivity contribution in [3.8, 4) is 0 Å². The second-order valence-electron chi connectivity index (χ2n) is 13.5. The van der Waals surface area contributed by atoms with Gasteiger partial charge in [-0.3, -0.25) is 4.79 Å². The van der Waals surface area contributed by atoms with Crippen LogP contribution < -0.4 is 22.1 Å². The number of hydrogen-bond donors (Lipinski definition) is 7. The first-order chi connectivity index (χ1) is 22.9. The summed E-state index contributed by atoms with van der Waals surface area (Å²) in [6, 6.07) is 12.0. The summed E-state index contributed by atoms with van der Waals surface area (Å²) in [5, 5.41) is 37.4. The number of rotatable bonds is 17. The standard InChI is InChI=1S/C35H48N4O10/c1-21(2)18-33(36,30(42)43)25-14-9-8-13-24(25)17-26(39-32(46)48-20-23-11-6-5-7-12-23)28(40)49-35(47,27-15-10-16-38-27)29(41)34(37,31(44)45)19-22(3)4/h5-9,11-14,21-22,26-27,38,47H,10,15-20,36-37H2,1-4H3,(H,39,46)(H,42,43)(H,44,45)/t26?,27?,33-,34-,35?/m0/s1. The zero-order chi connectivity index (χ0) is 36.6. The maximum Gasteiger partial charge on any atom is 0.408 e. The van der Waals surface area contributed by atoms with E-state index in [9.17, 15) is 39.3 Å². The fraction of sp³-hybridized carbons (Fsp3) is 0.514. The molecule has 1 aliphatic rings.